The molecular weight excluding hydrogens is 179 g/mol. The largest absolute Gasteiger partial charge is 0.298 e. The molecule has 0 amide bonds. The maximum atomic E-state index is 10.2. The van der Waals surface area contributed by atoms with Gasteiger partial charge in [0.1, 0.15) is 11.2 Å². The average molecular weight is 185 g/mol. The summed E-state index contributed by atoms with van der Waals surface area (Å²) in [6, 6.07) is 0. The second kappa shape index (κ2) is 3.44. The first-order chi connectivity index (χ1) is 3.18. The summed E-state index contributed by atoms with van der Waals surface area (Å²) in [5, 5.41) is 0.198. The lowest BCUT2D eigenvalue weighted by Crippen LogP contribution is -2.10. The van der Waals surface area contributed by atoms with Crippen LogP contribution in [0.2, 0.25) is 0 Å². The van der Waals surface area contributed by atoms with Gasteiger partial charge in [0.2, 0.25) is 0 Å². The molecule has 1 atom stereocenters. The van der Waals surface area contributed by atoms with E-state index in [1.165, 1.54) is 6.92 Å². The molecule has 0 saturated heterocycles. The predicted octanol–water partition coefficient (Wildman–Crippen LogP) is 1.58. The average Bonchev–Trinajstić information content (AvgIpc) is 1.65. The third-order valence-electron chi connectivity index (χ3n) is 0.577. The molecule has 0 aromatic rings. The molecule has 1 nitrogen and oxygen atoms in total. The van der Waals surface area contributed by atoms with Crippen molar-refractivity contribution in [3.05, 3.63) is 0 Å². The van der Waals surface area contributed by atoms with Gasteiger partial charge in [-0.1, -0.05) is 15.9 Å². The van der Waals surface area contributed by atoms with Crippen LogP contribution in [0.15, 0.2) is 0 Å². The Balaban J connectivity index is 3.34. The van der Waals surface area contributed by atoms with Gasteiger partial charge in [-0.3, -0.25) is 4.79 Å². The lowest BCUT2D eigenvalue weighted by molar-refractivity contribution is -0.116. The van der Waals surface area contributed by atoms with Crippen molar-refractivity contribution in [2.24, 2.45) is 0 Å². The number of hydrogen-bond acceptors (Lipinski definition) is 1. The molecule has 0 fully saturated rings. The standard InChI is InChI=1S/C4H6BrClO/c1-3(7)4(6)2-5/h4H,2H2,1H3. The highest BCUT2D eigenvalue weighted by Gasteiger charge is 2.05. The zero-order valence-electron chi connectivity index (χ0n) is 3.95. The minimum Gasteiger partial charge on any atom is -0.298 e. The zero-order valence-corrected chi connectivity index (χ0v) is 6.29. The van der Waals surface area contributed by atoms with Crippen molar-refractivity contribution in [2.45, 2.75) is 12.3 Å². The van der Waals surface area contributed by atoms with E-state index in [-0.39, 0.29) is 11.2 Å². The SMILES string of the molecule is CC(=O)C(Cl)CBr. The van der Waals surface area contributed by atoms with Gasteiger partial charge in [0, 0.05) is 5.33 Å². The number of ketones is 1. The van der Waals surface area contributed by atoms with E-state index >= 15 is 0 Å². The molecule has 0 rings (SSSR count). The highest BCUT2D eigenvalue weighted by atomic mass is 79.9. The van der Waals surface area contributed by atoms with Crippen LogP contribution in [0.5, 0.6) is 0 Å². The van der Waals surface area contributed by atoms with E-state index in [2.05, 4.69) is 15.9 Å². The molecule has 0 aliphatic rings. The highest BCUT2D eigenvalue weighted by Crippen LogP contribution is 1.99. The molecule has 3 heteroatoms. The second-order valence-corrected chi connectivity index (χ2v) is 2.41. The van der Waals surface area contributed by atoms with Crippen LogP contribution in [0.4, 0.5) is 0 Å². The quantitative estimate of drug-likeness (QED) is 0.597. The smallest absolute Gasteiger partial charge is 0.148 e. The minimum atomic E-state index is -0.347. The van der Waals surface area contributed by atoms with Crippen LogP contribution in [-0.2, 0) is 4.79 Å². The molecule has 0 heterocycles. The van der Waals surface area contributed by atoms with Crippen LogP contribution < -0.4 is 0 Å². The third kappa shape index (κ3) is 3.06. The van der Waals surface area contributed by atoms with Crippen LogP contribution in [0, 0.1) is 0 Å². The number of Topliss-reactive ketones (excluding diaryl/α,β-unsaturated/α-hetero) is 1. The Morgan fingerprint density at radius 3 is 2.43 bits per heavy atom. The van der Waals surface area contributed by atoms with Crippen molar-refractivity contribution in [3.8, 4) is 0 Å². The van der Waals surface area contributed by atoms with E-state index in [0.717, 1.165) is 0 Å². The molecular formula is C4H6BrClO. The van der Waals surface area contributed by atoms with Crippen molar-refractivity contribution < 1.29 is 4.79 Å². The number of rotatable bonds is 2. The van der Waals surface area contributed by atoms with Crippen LogP contribution in [0.3, 0.4) is 0 Å². The van der Waals surface area contributed by atoms with Gasteiger partial charge >= 0.3 is 0 Å². The Morgan fingerprint density at radius 2 is 2.43 bits per heavy atom. The molecule has 0 aliphatic heterocycles. The van der Waals surface area contributed by atoms with E-state index in [9.17, 15) is 4.79 Å². The van der Waals surface area contributed by atoms with Gasteiger partial charge in [-0.2, -0.15) is 0 Å². The summed E-state index contributed by atoms with van der Waals surface area (Å²) in [6.07, 6.45) is 0. The maximum Gasteiger partial charge on any atom is 0.148 e. The van der Waals surface area contributed by atoms with Crippen molar-refractivity contribution in [3.63, 3.8) is 0 Å². The molecule has 0 aliphatic carbocycles. The van der Waals surface area contributed by atoms with Crippen LogP contribution in [-0.4, -0.2) is 16.5 Å². The first kappa shape index (κ1) is 7.44. The van der Waals surface area contributed by atoms with E-state index in [4.69, 9.17) is 11.6 Å². The molecule has 0 N–H and O–H groups in total. The summed E-state index contributed by atoms with van der Waals surface area (Å²) < 4.78 is 0. The summed E-state index contributed by atoms with van der Waals surface area (Å²) in [5.74, 6) is 0.0125. The number of hydrogen-bond donors (Lipinski definition) is 0. The zero-order chi connectivity index (χ0) is 5.86. The Labute approximate surface area is 56.2 Å². The predicted molar refractivity (Wildman–Crippen MR) is 34.1 cm³/mol. The topological polar surface area (TPSA) is 17.1 Å². The fourth-order valence-corrected chi connectivity index (χ4v) is 0.565. The van der Waals surface area contributed by atoms with Gasteiger partial charge in [-0.15, -0.1) is 11.6 Å². The van der Waals surface area contributed by atoms with Gasteiger partial charge in [-0.25, -0.2) is 0 Å². The Hall–Kier alpha value is 0.440. The molecule has 0 radical (unpaired) electrons. The van der Waals surface area contributed by atoms with Gasteiger partial charge < -0.3 is 0 Å². The number of halogens is 2. The molecule has 0 saturated carbocycles. The Kier molecular flexibility index (Phi) is 3.66. The van der Waals surface area contributed by atoms with Crippen molar-refractivity contribution >= 4 is 33.3 Å². The summed E-state index contributed by atoms with van der Waals surface area (Å²) in [5.41, 5.74) is 0. The lowest BCUT2D eigenvalue weighted by Gasteiger charge is -1.94. The second-order valence-electron chi connectivity index (χ2n) is 1.23. The summed E-state index contributed by atoms with van der Waals surface area (Å²) >= 11 is 8.47. The fraction of sp³-hybridized carbons (Fsp3) is 0.750. The monoisotopic (exact) mass is 184 g/mol. The van der Waals surface area contributed by atoms with E-state index in [0.29, 0.717) is 5.33 Å². The Morgan fingerprint density at radius 1 is 2.00 bits per heavy atom. The molecule has 0 bridgehead atoms. The number of carbonyl (C=O) groups excluding carboxylic acids is 1. The van der Waals surface area contributed by atoms with Gasteiger partial charge in [0.15, 0.2) is 0 Å². The number of alkyl halides is 2. The van der Waals surface area contributed by atoms with Gasteiger partial charge in [0.25, 0.3) is 0 Å². The summed E-state index contributed by atoms with van der Waals surface area (Å²) in [4.78, 5) is 10.2. The van der Waals surface area contributed by atoms with Crippen molar-refractivity contribution in [1.82, 2.24) is 0 Å². The normalized spacial score (nSPS) is 13.6. The first-order valence-electron chi connectivity index (χ1n) is 1.89. The first-order valence-corrected chi connectivity index (χ1v) is 3.44. The molecule has 0 spiro atoms. The fourth-order valence-electron chi connectivity index (χ4n) is 0.109. The lowest BCUT2D eigenvalue weighted by atomic mass is 10.3. The van der Waals surface area contributed by atoms with Gasteiger partial charge in [0.05, 0.1) is 0 Å². The highest BCUT2D eigenvalue weighted by molar-refractivity contribution is 9.09. The van der Waals surface area contributed by atoms with E-state index in [1.807, 2.05) is 0 Å². The molecule has 1 unspecified atom stereocenters. The summed E-state index contributed by atoms with van der Waals surface area (Å²) in [6.45, 7) is 1.47. The minimum absolute atomic E-state index is 0.0125. The number of carbonyl (C=O) groups is 1. The molecule has 0 aromatic heterocycles. The van der Waals surface area contributed by atoms with Crippen molar-refractivity contribution in [1.29, 1.82) is 0 Å². The van der Waals surface area contributed by atoms with Gasteiger partial charge in [-0.05, 0) is 6.92 Å². The van der Waals surface area contributed by atoms with Crippen LogP contribution in [0.1, 0.15) is 6.92 Å². The molecule has 42 valence electrons. The van der Waals surface area contributed by atoms with Crippen molar-refractivity contribution in [2.75, 3.05) is 5.33 Å². The van der Waals surface area contributed by atoms with E-state index in [1.54, 1.807) is 0 Å². The summed E-state index contributed by atoms with van der Waals surface area (Å²) in [7, 11) is 0. The van der Waals surface area contributed by atoms with E-state index < -0.39 is 0 Å². The Bertz CT molecular complexity index is 74.1. The molecule has 0 aromatic carbocycles. The van der Waals surface area contributed by atoms with Crippen LogP contribution in [0.25, 0.3) is 0 Å². The van der Waals surface area contributed by atoms with Crippen LogP contribution >= 0.6 is 27.5 Å². The third-order valence-corrected chi connectivity index (χ3v) is 2.06. The maximum absolute atomic E-state index is 10.2. The molecule has 7 heavy (non-hydrogen) atoms.